The smallest absolute Gasteiger partial charge is 0.273 e. The van der Waals surface area contributed by atoms with Crippen molar-refractivity contribution in [1.29, 1.82) is 0 Å². The van der Waals surface area contributed by atoms with E-state index in [1.54, 1.807) is 0 Å². The minimum absolute atomic E-state index is 0.0656. The summed E-state index contributed by atoms with van der Waals surface area (Å²) in [7, 11) is 1.35. The zero-order chi connectivity index (χ0) is 22.1. The molecule has 0 saturated carbocycles. The molecule has 2 aliphatic heterocycles. The Morgan fingerprint density at radius 3 is 2.48 bits per heavy atom. The summed E-state index contributed by atoms with van der Waals surface area (Å²) >= 11 is 6.09. The van der Waals surface area contributed by atoms with Gasteiger partial charge < -0.3 is 9.64 Å². The number of carbonyl (C=O) groups is 2. The molecule has 2 heterocycles. The number of halogens is 1. The topological polar surface area (TPSA) is 96.2 Å². The van der Waals surface area contributed by atoms with Crippen LogP contribution in [0.2, 0.25) is 5.02 Å². The summed E-state index contributed by atoms with van der Waals surface area (Å²) < 4.78 is 5.22. The predicted octanol–water partition coefficient (Wildman–Crippen LogP) is 2.71. The van der Waals surface area contributed by atoms with E-state index in [2.05, 4.69) is 4.90 Å². The third-order valence-corrected chi connectivity index (χ3v) is 5.90. The molecule has 2 aliphatic rings. The van der Waals surface area contributed by atoms with Gasteiger partial charge in [0, 0.05) is 43.0 Å². The fourth-order valence-corrected chi connectivity index (χ4v) is 4.27. The Kier molecular flexibility index (Phi) is 5.79. The minimum Gasteiger partial charge on any atom is -0.494 e. The number of amides is 2. The molecular formula is C21H21ClN4O5. The van der Waals surface area contributed by atoms with Crippen LogP contribution in [-0.2, 0) is 9.59 Å². The molecule has 0 N–H and O–H groups in total. The van der Waals surface area contributed by atoms with Crippen LogP contribution >= 0.6 is 11.6 Å². The Balaban J connectivity index is 1.49. The van der Waals surface area contributed by atoms with Gasteiger partial charge in [-0.3, -0.25) is 24.6 Å². The molecule has 2 amide bonds. The molecule has 0 spiro atoms. The van der Waals surface area contributed by atoms with Crippen molar-refractivity contribution in [3.8, 4) is 5.75 Å². The Labute approximate surface area is 183 Å². The molecule has 0 aliphatic carbocycles. The lowest BCUT2D eigenvalue weighted by molar-refractivity contribution is -0.384. The summed E-state index contributed by atoms with van der Waals surface area (Å²) in [6.45, 7) is 2.67. The van der Waals surface area contributed by atoms with E-state index >= 15 is 0 Å². The molecule has 2 aromatic rings. The first-order valence-corrected chi connectivity index (χ1v) is 10.2. The third kappa shape index (κ3) is 4.06. The molecule has 9 nitrogen and oxygen atoms in total. The zero-order valence-corrected chi connectivity index (χ0v) is 17.6. The normalized spacial score (nSPS) is 19.7. The second-order valence-corrected chi connectivity index (χ2v) is 7.84. The van der Waals surface area contributed by atoms with E-state index < -0.39 is 11.0 Å². The fourth-order valence-electron chi connectivity index (χ4n) is 4.08. The van der Waals surface area contributed by atoms with Crippen molar-refractivity contribution in [2.24, 2.45) is 0 Å². The van der Waals surface area contributed by atoms with Crippen LogP contribution in [0.5, 0.6) is 5.75 Å². The van der Waals surface area contributed by atoms with Gasteiger partial charge >= 0.3 is 0 Å². The number of nitrogens with zero attached hydrogens (tertiary/aromatic N) is 4. The highest BCUT2D eigenvalue weighted by Crippen LogP contribution is 2.36. The van der Waals surface area contributed by atoms with Crippen LogP contribution in [0.15, 0.2) is 42.5 Å². The molecule has 0 radical (unpaired) electrons. The van der Waals surface area contributed by atoms with Gasteiger partial charge in [0.25, 0.3) is 11.6 Å². The molecule has 4 rings (SSSR count). The monoisotopic (exact) mass is 444 g/mol. The second-order valence-electron chi connectivity index (χ2n) is 7.40. The van der Waals surface area contributed by atoms with Crippen molar-refractivity contribution in [3.05, 3.63) is 57.6 Å². The molecule has 1 unspecified atom stereocenters. The second kappa shape index (κ2) is 8.52. The van der Waals surface area contributed by atoms with Crippen molar-refractivity contribution in [2.45, 2.75) is 12.5 Å². The van der Waals surface area contributed by atoms with E-state index in [0.717, 1.165) is 10.6 Å². The largest absolute Gasteiger partial charge is 0.494 e. The summed E-state index contributed by atoms with van der Waals surface area (Å²) in [6, 6.07) is 10.9. The van der Waals surface area contributed by atoms with Crippen LogP contribution < -0.4 is 14.5 Å². The number of hydrogen-bond acceptors (Lipinski definition) is 7. The van der Waals surface area contributed by atoms with Crippen LogP contribution in [0.4, 0.5) is 17.1 Å². The van der Waals surface area contributed by atoms with Gasteiger partial charge in [0.1, 0.15) is 5.75 Å². The Morgan fingerprint density at radius 2 is 1.84 bits per heavy atom. The summed E-state index contributed by atoms with van der Waals surface area (Å²) in [5.41, 5.74) is 1.08. The SMILES string of the molecule is COc1cc([N+](=O)[O-])ccc1N1C(=O)CC(N2CCN(c3cccc(Cl)c3)CC2)C1=O. The quantitative estimate of drug-likeness (QED) is 0.397. The average molecular weight is 445 g/mol. The van der Waals surface area contributed by atoms with Gasteiger partial charge in [0.2, 0.25) is 5.91 Å². The van der Waals surface area contributed by atoms with Gasteiger partial charge in [-0.15, -0.1) is 0 Å². The molecule has 0 aromatic heterocycles. The maximum atomic E-state index is 13.1. The van der Waals surface area contributed by atoms with Gasteiger partial charge in [0.15, 0.2) is 0 Å². The fraction of sp³-hybridized carbons (Fsp3) is 0.333. The molecule has 2 saturated heterocycles. The number of piperazine rings is 1. The minimum atomic E-state index is -0.561. The summed E-state index contributed by atoms with van der Waals surface area (Å²) in [5.74, 6) is -0.574. The van der Waals surface area contributed by atoms with E-state index in [0.29, 0.717) is 31.2 Å². The van der Waals surface area contributed by atoms with E-state index in [1.807, 2.05) is 29.2 Å². The summed E-state index contributed by atoms with van der Waals surface area (Å²) in [5, 5.41) is 11.7. The van der Waals surface area contributed by atoms with Crippen molar-refractivity contribution >= 4 is 40.5 Å². The van der Waals surface area contributed by atoms with Crippen LogP contribution in [0.3, 0.4) is 0 Å². The van der Waals surface area contributed by atoms with Crippen LogP contribution in [0, 0.1) is 10.1 Å². The highest BCUT2D eigenvalue weighted by molar-refractivity contribution is 6.30. The maximum absolute atomic E-state index is 13.1. The lowest BCUT2D eigenvalue weighted by Gasteiger charge is -2.38. The van der Waals surface area contributed by atoms with Gasteiger partial charge in [-0.2, -0.15) is 0 Å². The lowest BCUT2D eigenvalue weighted by atomic mass is 10.1. The molecule has 162 valence electrons. The number of methoxy groups -OCH3 is 1. The first kappa shape index (κ1) is 21.1. The highest BCUT2D eigenvalue weighted by Gasteiger charge is 2.44. The number of anilines is 2. The van der Waals surface area contributed by atoms with Gasteiger partial charge in [0.05, 0.1) is 36.2 Å². The van der Waals surface area contributed by atoms with Crippen molar-refractivity contribution in [2.75, 3.05) is 43.1 Å². The standard InChI is InChI=1S/C21H21ClN4O5/c1-31-19-12-16(26(29)30)5-6-17(19)25-20(27)13-18(21(25)28)24-9-7-23(8-10-24)15-4-2-3-14(22)11-15/h2-6,11-12,18H,7-10,13H2,1H3. The number of hydrogen-bond donors (Lipinski definition) is 0. The molecule has 2 fully saturated rings. The van der Waals surface area contributed by atoms with Gasteiger partial charge in [-0.25, -0.2) is 4.90 Å². The number of rotatable bonds is 5. The van der Waals surface area contributed by atoms with Gasteiger partial charge in [-0.05, 0) is 24.3 Å². The predicted molar refractivity (Wildman–Crippen MR) is 116 cm³/mol. The summed E-state index contributed by atoms with van der Waals surface area (Å²) in [4.78, 5) is 41.6. The first-order valence-electron chi connectivity index (χ1n) is 9.83. The third-order valence-electron chi connectivity index (χ3n) is 5.67. The molecule has 31 heavy (non-hydrogen) atoms. The Hall–Kier alpha value is -3.17. The van der Waals surface area contributed by atoms with Crippen molar-refractivity contribution < 1.29 is 19.2 Å². The number of nitro groups is 1. The van der Waals surface area contributed by atoms with Crippen LogP contribution in [0.1, 0.15) is 6.42 Å². The molecule has 10 heteroatoms. The first-order chi connectivity index (χ1) is 14.9. The maximum Gasteiger partial charge on any atom is 0.273 e. The van der Waals surface area contributed by atoms with E-state index in [1.165, 1.54) is 25.3 Å². The zero-order valence-electron chi connectivity index (χ0n) is 16.9. The Morgan fingerprint density at radius 1 is 1.10 bits per heavy atom. The van der Waals surface area contributed by atoms with Crippen LogP contribution in [-0.4, -0.2) is 61.0 Å². The number of ether oxygens (including phenoxy) is 1. The van der Waals surface area contributed by atoms with E-state index in [9.17, 15) is 19.7 Å². The van der Waals surface area contributed by atoms with Crippen LogP contribution in [0.25, 0.3) is 0 Å². The number of benzene rings is 2. The van der Waals surface area contributed by atoms with Crippen molar-refractivity contribution in [3.63, 3.8) is 0 Å². The lowest BCUT2D eigenvalue weighted by Crippen LogP contribution is -2.52. The molecule has 0 bridgehead atoms. The highest BCUT2D eigenvalue weighted by atomic mass is 35.5. The summed E-state index contributed by atoms with van der Waals surface area (Å²) in [6.07, 6.45) is 0.0656. The van der Waals surface area contributed by atoms with E-state index in [4.69, 9.17) is 16.3 Å². The average Bonchev–Trinajstić information content (AvgIpc) is 3.07. The number of non-ortho nitro benzene ring substituents is 1. The Bertz CT molecular complexity index is 1040. The number of carbonyl (C=O) groups excluding carboxylic acids is 2. The van der Waals surface area contributed by atoms with Gasteiger partial charge in [-0.1, -0.05) is 17.7 Å². The molecular weight excluding hydrogens is 424 g/mol. The molecule has 2 aromatic carbocycles. The number of imide groups is 1. The molecule has 1 atom stereocenters. The number of nitro benzene ring substituents is 1. The van der Waals surface area contributed by atoms with E-state index in [-0.39, 0.29) is 35.4 Å². The van der Waals surface area contributed by atoms with Crippen molar-refractivity contribution in [1.82, 2.24) is 4.90 Å².